The lowest BCUT2D eigenvalue weighted by Gasteiger charge is -2.11. The predicted molar refractivity (Wildman–Crippen MR) is 118 cm³/mol. The van der Waals surface area contributed by atoms with Gasteiger partial charge in [0, 0.05) is 5.69 Å². The molecule has 0 bridgehead atoms. The van der Waals surface area contributed by atoms with Crippen LogP contribution in [0.5, 0.6) is 0 Å². The number of nitrogens with one attached hydrogen (secondary N) is 3. The molecular weight excluding hydrogens is 449 g/mol. The molecule has 4 rings (SSSR count). The van der Waals surface area contributed by atoms with Gasteiger partial charge in [-0.1, -0.05) is 18.2 Å². The Labute approximate surface area is 189 Å². The van der Waals surface area contributed by atoms with Crippen molar-refractivity contribution in [3.8, 4) is 11.5 Å². The van der Waals surface area contributed by atoms with Gasteiger partial charge in [-0.15, -0.1) is 0 Å². The van der Waals surface area contributed by atoms with Gasteiger partial charge in [-0.05, 0) is 50.2 Å². The van der Waals surface area contributed by atoms with E-state index in [1.54, 1.807) is 44.2 Å². The highest BCUT2D eigenvalue weighted by Gasteiger charge is 2.20. The van der Waals surface area contributed by atoms with E-state index < -0.39 is 15.8 Å². The Morgan fingerprint density at radius 2 is 1.91 bits per heavy atom. The highest BCUT2D eigenvalue weighted by molar-refractivity contribution is 7.92. The highest BCUT2D eigenvalue weighted by Crippen LogP contribution is 2.30. The maximum atomic E-state index is 13.5. The first-order valence-corrected chi connectivity index (χ1v) is 11.4. The van der Waals surface area contributed by atoms with Crippen molar-refractivity contribution in [3.63, 3.8) is 0 Å². The number of hydrogen-bond donors (Lipinski definition) is 3. The van der Waals surface area contributed by atoms with Crippen LogP contribution in [-0.2, 0) is 16.6 Å². The summed E-state index contributed by atoms with van der Waals surface area (Å²) in [6.07, 6.45) is 0. The molecule has 3 N–H and O–H groups in total. The number of sulfonamides is 1. The first-order valence-electron chi connectivity index (χ1n) is 9.87. The van der Waals surface area contributed by atoms with E-state index in [1.807, 2.05) is 0 Å². The molecule has 0 aliphatic rings. The van der Waals surface area contributed by atoms with Crippen molar-refractivity contribution in [1.29, 1.82) is 0 Å². The summed E-state index contributed by atoms with van der Waals surface area (Å²) in [5, 5.41) is 9.34. The summed E-state index contributed by atoms with van der Waals surface area (Å²) in [7, 11) is -4.05. The molecule has 0 spiro atoms. The van der Waals surface area contributed by atoms with Crippen LogP contribution in [0.3, 0.4) is 0 Å². The number of oxazole rings is 1. The summed E-state index contributed by atoms with van der Waals surface area (Å²) >= 11 is 0. The molecule has 0 aliphatic carbocycles. The summed E-state index contributed by atoms with van der Waals surface area (Å²) in [6, 6.07) is 12.9. The SMILES string of the molecule is Cc1cc(C(=O)NCc2nc(-c3ccccc3NS(=O)(=O)c3cccc(F)c3)oc2C)n[nH]1. The molecule has 4 aromatic rings. The number of hydrogen-bond acceptors (Lipinski definition) is 6. The normalized spacial score (nSPS) is 11.4. The number of aromatic nitrogens is 3. The topological polar surface area (TPSA) is 130 Å². The summed E-state index contributed by atoms with van der Waals surface area (Å²) in [4.78, 5) is 16.4. The Kier molecular flexibility index (Phi) is 5.97. The minimum absolute atomic E-state index is 0.0945. The largest absolute Gasteiger partial charge is 0.441 e. The third-order valence-electron chi connectivity index (χ3n) is 4.76. The Morgan fingerprint density at radius 1 is 1.12 bits per heavy atom. The number of carbonyl (C=O) groups excluding carboxylic acids is 1. The number of benzene rings is 2. The second-order valence-electron chi connectivity index (χ2n) is 7.25. The first-order chi connectivity index (χ1) is 15.7. The zero-order chi connectivity index (χ0) is 23.6. The number of para-hydroxylation sites is 1. The molecule has 33 heavy (non-hydrogen) atoms. The van der Waals surface area contributed by atoms with Crippen LogP contribution < -0.4 is 10.0 Å². The predicted octanol–water partition coefficient (Wildman–Crippen LogP) is 3.55. The summed E-state index contributed by atoms with van der Waals surface area (Å²) in [5.74, 6) is -0.395. The van der Waals surface area contributed by atoms with Crippen LogP contribution in [0.4, 0.5) is 10.1 Å². The molecule has 2 heterocycles. The molecule has 170 valence electrons. The average molecular weight is 469 g/mol. The molecule has 0 fully saturated rings. The zero-order valence-corrected chi connectivity index (χ0v) is 18.5. The lowest BCUT2D eigenvalue weighted by molar-refractivity contribution is 0.0945. The molecule has 2 aromatic carbocycles. The number of amides is 1. The number of H-pyrrole nitrogens is 1. The Hall–Kier alpha value is -3.99. The Balaban J connectivity index is 1.56. The van der Waals surface area contributed by atoms with Crippen LogP contribution in [0.1, 0.15) is 27.6 Å². The van der Waals surface area contributed by atoms with Crippen LogP contribution in [0.2, 0.25) is 0 Å². The van der Waals surface area contributed by atoms with Gasteiger partial charge in [-0.2, -0.15) is 5.10 Å². The van der Waals surface area contributed by atoms with Gasteiger partial charge in [-0.25, -0.2) is 17.8 Å². The number of aromatic amines is 1. The van der Waals surface area contributed by atoms with E-state index in [9.17, 15) is 17.6 Å². The van der Waals surface area contributed by atoms with E-state index in [4.69, 9.17) is 4.42 Å². The smallest absolute Gasteiger partial charge is 0.272 e. The van der Waals surface area contributed by atoms with Gasteiger partial charge in [0.25, 0.3) is 15.9 Å². The number of halogens is 1. The van der Waals surface area contributed by atoms with Crippen molar-refractivity contribution in [1.82, 2.24) is 20.5 Å². The fraction of sp³-hybridized carbons (Fsp3) is 0.136. The van der Waals surface area contributed by atoms with Crippen LogP contribution in [-0.4, -0.2) is 29.5 Å². The van der Waals surface area contributed by atoms with Gasteiger partial charge in [0.15, 0.2) is 0 Å². The average Bonchev–Trinajstić information content (AvgIpc) is 3.37. The number of carbonyl (C=O) groups is 1. The van der Waals surface area contributed by atoms with Crippen molar-refractivity contribution in [3.05, 3.63) is 83.3 Å². The number of nitrogens with zero attached hydrogens (tertiary/aromatic N) is 2. The zero-order valence-electron chi connectivity index (χ0n) is 17.7. The molecule has 0 atom stereocenters. The maximum Gasteiger partial charge on any atom is 0.272 e. The molecule has 9 nitrogen and oxygen atoms in total. The fourth-order valence-corrected chi connectivity index (χ4v) is 4.20. The van der Waals surface area contributed by atoms with Crippen molar-refractivity contribution >= 4 is 21.6 Å². The fourth-order valence-electron chi connectivity index (χ4n) is 3.09. The monoisotopic (exact) mass is 469 g/mol. The van der Waals surface area contributed by atoms with Crippen LogP contribution in [0, 0.1) is 19.7 Å². The number of aryl methyl sites for hydroxylation is 2. The lowest BCUT2D eigenvalue weighted by Crippen LogP contribution is -2.23. The van der Waals surface area contributed by atoms with E-state index in [0.29, 0.717) is 17.0 Å². The van der Waals surface area contributed by atoms with E-state index in [2.05, 4.69) is 25.2 Å². The van der Waals surface area contributed by atoms with Crippen molar-refractivity contribution < 1.29 is 22.0 Å². The second kappa shape index (κ2) is 8.87. The third kappa shape index (κ3) is 4.93. The molecule has 0 radical (unpaired) electrons. The molecule has 1 amide bonds. The van der Waals surface area contributed by atoms with Crippen LogP contribution in [0.25, 0.3) is 11.5 Å². The minimum Gasteiger partial charge on any atom is -0.441 e. The van der Waals surface area contributed by atoms with Gasteiger partial charge in [0.1, 0.15) is 23.0 Å². The summed E-state index contributed by atoms with van der Waals surface area (Å²) in [5.41, 5.74) is 2.10. The second-order valence-corrected chi connectivity index (χ2v) is 8.93. The van der Waals surface area contributed by atoms with Crippen molar-refractivity contribution in [2.75, 3.05) is 4.72 Å². The summed E-state index contributed by atoms with van der Waals surface area (Å²) < 4.78 is 47.2. The third-order valence-corrected chi connectivity index (χ3v) is 6.12. The van der Waals surface area contributed by atoms with E-state index in [1.165, 1.54) is 12.1 Å². The standard InChI is InChI=1S/C22H20FN5O4S/c1-13-10-19(27-26-13)21(29)24-12-20-14(2)32-22(25-20)17-8-3-4-9-18(17)28-33(30,31)16-7-5-6-15(23)11-16/h3-11,28H,12H2,1-2H3,(H,24,29)(H,26,27). The number of rotatable bonds is 7. The molecule has 0 unspecified atom stereocenters. The van der Waals surface area contributed by atoms with E-state index in [-0.39, 0.29) is 34.6 Å². The summed E-state index contributed by atoms with van der Waals surface area (Å²) in [6.45, 7) is 3.57. The molecule has 2 aromatic heterocycles. The molecular formula is C22H20FN5O4S. The molecule has 0 saturated heterocycles. The molecule has 0 aliphatic heterocycles. The van der Waals surface area contributed by atoms with Gasteiger partial charge in [0.05, 0.1) is 22.7 Å². The molecule has 11 heteroatoms. The maximum absolute atomic E-state index is 13.5. The Bertz CT molecular complexity index is 1430. The van der Waals surface area contributed by atoms with Crippen molar-refractivity contribution in [2.45, 2.75) is 25.3 Å². The van der Waals surface area contributed by atoms with Crippen LogP contribution in [0.15, 0.2) is 63.9 Å². The van der Waals surface area contributed by atoms with Gasteiger partial charge < -0.3 is 9.73 Å². The van der Waals surface area contributed by atoms with Gasteiger partial charge in [-0.3, -0.25) is 14.6 Å². The van der Waals surface area contributed by atoms with E-state index >= 15 is 0 Å². The highest BCUT2D eigenvalue weighted by atomic mass is 32.2. The lowest BCUT2D eigenvalue weighted by atomic mass is 10.2. The minimum atomic E-state index is -4.05. The van der Waals surface area contributed by atoms with Gasteiger partial charge >= 0.3 is 0 Å². The first kappa shape index (κ1) is 22.2. The van der Waals surface area contributed by atoms with Gasteiger partial charge in [0.2, 0.25) is 5.89 Å². The molecule has 0 saturated carbocycles. The van der Waals surface area contributed by atoms with Crippen molar-refractivity contribution in [2.24, 2.45) is 0 Å². The van der Waals surface area contributed by atoms with Crippen LogP contribution >= 0.6 is 0 Å². The Morgan fingerprint density at radius 3 is 2.64 bits per heavy atom. The quantitative estimate of drug-likeness (QED) is 0.380. The van der Waals surface area contributed by atoms with E-state index in [0.717, 1.165) is 17.8 Å². The number of anilines is 1.